The summed E-state index contributed by atoms with van der Waals surface area (Å²) in [4.78, 5) is 22.1. The fourth-order valence-corrected chi connectivity index (χ4v) is 1.56. The Hall–Kier alpha value is -1.98. The van der Waals surface area contributed by atoms with Gasteiger partial charge in [-0.05, 0) is 0 Å². The van der Waals surface area contributed by atoms with Crippen LogP contribution < -0.4 is 10.1 Å². The Morgan fingerprint density at radius 2 is 2.27 bits per heavy atom. The summed E-state index contributed by atoms with van der Waals surface area (Å²) in [5, 5.41) is 11.2. The maximum Gasteiger partial charge on any atom is 0.372 e. The summed E-state index contributed by atoms with van der Waals surface area (Å²) < 4.78 is 10.3. The van der Waals surface area contributed by atoms with Crippen molar-refractivity contribution < 1.29 is 23.8 Å². The van der Waals surface area contributed by atoms with Crippen molar-refractivity contribution in [2.24, 2.45) is 0 Å². The standard InChI is InChI=1S/C9H7NO5/c11-7(12)5-3-4-6(14-5)10-8(13)9(15-4)1-2-9/h3H,1-2H2,(H,10,13)(H,11,12). The van der Waals surface area contributed by atoms with Crippen molar-refractivity contribution in [1.82, 2.24) is 0 Å². The second-order valence-corrected chi connectivity index (χ2v) is 3.66. The number of ether oxygens (including phenoxy) is 1. The van der Waals surface area contributed by atoms with Crippen LogP contribution in [0.2, 0.25) is 0 Å². The largest absolute Gasteiger partial charge is 0.475 e. The lowest BCUT2D eigenvalue weighted by molar-refractivity contribution is -0.125. The van der Waals surface area contributed by atoms with Gasteiger partial charge in [0.15, 0.2) is 11.4 Å². The molecule has 0 radical (unpaired) electrons. The molecule has 3 rings (SSSR count). The van der Waals surface area contributed by atoms with Crippen molar-refractivity contribution in [2.45, 2.75) is 18.4 Å². The summed E-state index contributed by atoms with van der Waals surface area (Å²) in [6.07, 6.45) is 1.32. The van der Waals surface area contributed by atoms with Gasteiger partial charge in [-0.1, -0.05) is 0 Å². The smallest absolute Gasteiger partial charge is 0.372 e. The molecule has 15 heavy (non-hydrogen) atoms. The van der Waals surface area contributed by atoms with Crippen LogP contribution in [0.4, 0.5) is 5.88 Å². The topological polar surface area (TPSA) is 88.8 Å². The van der Waals surface area contributed by atoms with Crippen LogP contribution >= 0.6 is 0 Å². The summed E-state index contributed by atoms with van der Waals surface area (Å²) in [6, 6.07) is 1.27. The summed E-state index contributed by atoms with van der Waals surface area (Å²) in [5.74, 6) is -1.31. The zero-order valence-corrected chi connectivity index (χ0v) is 7.57. The first-order chi connectivity index (χ1) is 7.11. The predicted molar refractivity (Wildman–Crippen MR) is 46.9 cm³/mol. The van der Waals surface area contributed by atoms with E-state index >= 15 is 0 Å². The molecule has 1 fully saturated rings. The molecule has 0 saturated heterocycles. The number of aromatic carboxylic acids is 1. The van der Waals surface area contributed by atoms with Crippen LogP contribution in [0.3, 0.4) is 0 Å². The highest BCUT2D eigenvalue weighted by Gasteiger charge is 2.56. The molecule has 2 heterocycles. The minimum absolute atomic E-state index is 0.0786. The Morgan fingerprint density at radius 3 is 2.87 bits per heavy atom. The molecule has 1 amide bonds. The van der Waals surface area contributed by atoms with E-state index in [4.69, 9.17) is 14.3 Å². The van der Waals surface area contributed by atoms with E-state index in [9.17, 15) is 9.59 Å². The fourth-order valence-electron chi connectivity index (χ4n) is 1.56. The molecule has 1 spiro atoms. The number of nitrogens with one attached hydrogen (secondary N) is 1. The molecule has 1 saturated carbocycles. The van der Waals surface area contributed by atoms with Crippen LogP contribution in [0.5, 0.6) is 5.75 Å². The second-order valence-electron chi connectivity index (χ2n) is 3.66. The lowest BCUT2D eigenvalue weighted by Crippen LogP contribution is -2.38. The number of carbonyl (C=O) groups excluding carboxylic acids is 1. The summed E-state index contributed by atoms with van der Waals surface area (Å²) in [6.45, 7) is 0. The summed E-state index contributed by atoms with van der Waals surface area (Å²) in [7, 11) is 0. The molecule has 78 valence electrons. The monoisotopic (exact) mass is 209 g/mol. The van der Waals surface area contributed by atoms with Crippen LogP contribution in [-0.4, -0.2) is 22.6 Å². The zero-order valence-electron chi connectivity index (χ0n) is 7.57. The van der Waals surface area contributed by atoms with E-state index in [1.807, 2.05) is 0 Å². The van der Waals surface area contributed by atoms with E-state index in [0.29, 0.717) is 18.6 Å². The molecule has 1 aromatic rings. The van der Waals surface area contributed by atoms with Gasteiger partial charge in [-0.25, -0.2) is 4.79 Å². The first-order valence-electron chi connectivity index (χ1n) is 4.48. The number of anilines is 1. The van der Waals surface area contributed by atoms with E-state index in [2.05, 4.69) is 5.32 Å². The third kappa shape index (κ3) is 1.04. The predicted octanol–water partition coefficient (Wildman–Crippen LogP) is 0.841. The summed E-state index contributed by atoms with van der Waals surface area (Å²) >= 11 is 0. The van der Waals surface area contributed by atoms with E-state index in [1.165, 1.54) is 6.07 Å². The van der Waals surface area contributed by atoms with Gasteiger partial charge in [-0.15, -0.1) is 0 Å². The van der Waals surface area contributed by atoms with E-state index < -0.39 is 11.6 Å². The lowest BCUT2D eigenvalue weighted by Gasteiger charge is -2.21. The van der Waals surface area contributed by atoms with Gasteiger partial charge in [-0.2, -0.15) is 0 Å². The minimum atomic E-state index is -1.19. The SMILES string of the molecule is O=C(O)c1cc2c(o1)NC(=O)C1(CC1)O2. The minimum Gasteiger partial charge on any atom is -0.475 e. The highest BCUT2D eigenvalue weighted by molar-refractivity contribution is 6.02. The molecular weight excluding hydrogens is 202 g/mol. The quantitative estimate of drug-likeness (QED) is 0.715. The van der Waals surface area contributed by atoms with E-state index in [1.54, 1.807) is 0 Å². The molecule has 0 unspecified atom stereocenters. The van der Waals surface area contributed by atoms with Crippen molar-refractivity contribution >= 4 is 17.8 Å². The Labute approximate surface area is 83.8 Å². The molecule has 6 nitrogen and oxygen atoms in total. The molecule has 0 bridgehead atoms. The third-order valence-corrected chi connectivity index (χ3v) is 2.56. The Morgan fingerprint density at radius 1 is 1.53 bits per heavy atom. The van der Waals surface area contributed by atoms with Crippen molar-refractivity contribution in [1.29, 1.82) is 0 Å². The highest BCUT2D eigenvalue weighted by atomic mass is 16.5. The van der Waals surface area contributed by atoms with E-state index in [0.717, 1.165) is 0 Å². The van der Waals surface area contributed by atoms with Gasteiger partial charge < -0.3 is 14.3 Å². The molecule has 1 aromatic heterocycles. The molecule has 2 N–H and O–H groups in total. The number of hydrogen-bond acceptors (Lipinski definition) is 4. The molecule has 0 atom stereocenters. The summed E-state index contributed by atoms with van der Waals surface area (Å²) in [5.41, 5.74) is -0.771. The van der Waals surface area contributed by atoms with Crippen LogP contribution in [0.25, 0.3) is 0 Å². The number of amides is 1. The molecule has 1 aliphatic heterocycles. The maximum atomic E-state index is 11.5. The number of rotatable bonds is 1. The second kappa shape index (κ2) is 2.33. The number of furan rings is 1. The fraction of sp³-hybridized carbons (Fsp3) is 0.333. The van der Waals surface area contributed by atoms with Crippen molar-refractivity contribution in [3.8, 4) is 5.75 Å². The van der Waals surface area contributed by atoms with Crippen LogP contribution in [-0.2, 0) is 4.79 Å². The lowest BCUT2D eigenvalue weighted by atomic mass is 10.2. The van der Waals surface area contributed by atoms with Crippen LogP contribution in [0, 0.1) is 0 Å². The number of carbonyl (C=O) groups is 2. The molecule has 2 aliphatic rings. The average Bonchev–Trinajstić information content (AvgIpc) is 2.81. The zero-order chi connectivity index (χ0) is 10.6. The normalized spacial score (nSPS) is 20.4. The Balaban J connectivity index is 2.02. The van der Waals surface area contributed by atoms with Gasteiger partial charge in [0.05, 0.1) is 0 Å². The van der Waals surface area contributed by atoms with Crippen LogP contribution in [0.15, 0.2) is 10.5 Å². The molecule has 0 aromatic carbocycles. The first-order valence-corrected chi connectivity index (χ1v) is 4.48. The number of hydrogen-bond donors (Lipinski definition) is 2. The van der Waals surface area contributed by atoms with E-state index in [-0.39, 0.29) is 17.6 Å². The van der Waals surface area contributed by atoms with Crippen molar-refractivity contribution in [2.75, 3.05) is 5.32 Å². The van der Waals surface area contributed by atoms with Gasteiger partial charge in [-0.3, -0.25) is 10.1 Å². The molecular formula is C9H7NO5. The van der Waals surface area contributed by atoms with Gasteiger partial charge in [0, 0.05) is 18.9 Å². The first kappa shape index (κ1) is 8.34. The van der Waals surface area contributed by atoms with Gasteiger partial charge in [0.2, 0.25) is 11.6 Å². The van der Waals surface area contributed by atoms with Crippen LogP contribution in [0.1, 0.15) is 23.4 Å². The van der Waals surface area contributed by atoms with Gasteiger partial charge in [0.25, 0.3) is 5.91 Å². The van der Waals surface area contributed by atoms with Crippen molar-refractivity contribution in [3.63, 3.8) is 0 Å². The number of carboxylic acids is 1. The average molecular weight is 209 g/mol. The van der Waals surface area contributed by atoms with Crippen molar-refractivity contribution in [3.05, 3.63) is 11.8 Å². The third-order valence-electron chi connectivity index (χ3n) is 2.56. The maximum absolute atomic E-state index is 11.5. The van der Waals surface area contributed by atoms with Gasteiger partial charge in [0.1, 0.15) is 0 Å². The Bertz CT molecular complexity index is 471. The number of carboxylic acid groups (broad SMARTS) is 1. The number of fused-ring (bicyclic) bond motifs is 1. The Kier molecular flexibility index (Phi) is 1.30. The highest BCUT2D eigenvalue weighted by Crippen LogP contribution is 2.47. The molecule has 1 aliphatic carbocycles. The molecule has 6 heteroatoms. The van der Waals surface area contributed by atoms with Gasteiger partial charge >= 0.3 is 5.97 Å².